The van der Waals surface area contributed by atoms with Crippen LogP contribution in [0.5, 0.6) is 0 Å². The van der Waals surface area contributed by atoms with Crippen LogP contribution in [0.2, 0.25) is 5.02 Å². The zero-order valence-corrected chi connectivity index (χ0v) is 24.7. The maximum Gasteiger partial charge on any atom is 0.264 e. The molecule has 1 N–H and O–H groups in total. The summed E-state index contributed by atoms with van der Waals surface area (Å²) in [7, 11) is -4.35. The first-order valence-corrected chi connectivity index (χ1v) is 15.0. The Bertz CT molecular complexity index is 1420. The van der Waals surface area contributed by atoms with E-state index < -0.39 is 34.3 Å². The first-order chi connectivity index (χ1) is 19.0. The van der Waals surface area contributed by atoms with Crippen molar-refractivity contribution in [2.75, 3.05) is 10.8 Å². The van der Waals surface area contributed by atoms with Gasteiger partial charge in [0.1, 0.15) is 18.4 Å². The maximum atomic E-state index is 15.0. The van der Waals surface area contributed by atoms with E-state index in [2.05, 4.69) is 5.32 Å². The van der Waals surface area contributed by atoms with Gasteiger partial charge in [-0.1, -0.05) is 67.4 Å². The topological polar surface area (TPSA) is 86.8 Å². The summed E-state index contributed by atoms with van der Waals surface area (Å²) in [5.74, 6) is -1.80. The van der Waals surface area contributed by atoms with Crippen molar-refractivity contribution in [2.24, 2.45) is 0 Å². The second-order valence-electron chi connectivity index (χ2n) is 9.67. The van der Waals surface area contributed by atoms with Crippen LogP contribution in [-0.4, -0.2) is 43.8 Å². The molecule has 214 valence electrons. The van der Waals surface area contributed by atoms with Crippen LogP contribution >= 0.6 is 11.6 Å². The average Bonchev–Trinajstić information content (AvgIpc) is 2.93. The number of benzene rings is 3. The molecule has 0 radical (unpaired) electrons. The number of rotatable bonds is 12. The molecule has 0 bridgehead atoms. The molecular weight excluding hydrogens is 553 g/mol. The summed E-state index contributed by atoms with van der Waals surface area (Å²) in [6.45, 7) is 6.71. The lowest BCUT2D eigenvalue weighted by Crippen LogP contribution is -2.53. The van der Waals surface area contributed by atoms with E-state index in [1.165, 1.54) is 35.2 Å². The van der Waals surface area contributed by atoms with Crippen molar-refractivity contribution in [1.29, 1.82) is 0 Å². The fourth-order valence-corrected chi connectivity index (χ4v) is 5.70. The minimum Gasteiger partial charge on any atom is -0.352 e. The molecule has 7 nitrogen and oxygen atoms in total. The molecule has 3 aromatic carbocycles. The summed E-state index contributed by atoms with van der Waals surface area (Å²) in [5.41, 5.74) is 1.28. The first kappa shape index (κ1) is 31.1. The van der Waals surface area contributed by atoms with Crippen molar-refractivity contribution >= 4 is 39.1 Å². The van der Waals surface area contributed by atoms with Gasteiger partial charge in [0.25, 0.3) is 10.0 Å². The summed E-state index contributed by atoms with van der Waals surface area (Å²) in [6, 6.07) is 17.3. The standard InChI is InChI=1S/C30H35ClFN3O4S/c1-5-22(4)33-30(37)27(6-2)34(19-23-13-15-24(31)16-14-23)29(36)20-35(28-10-8-7-9-26(28)32)40(38,39)25-17-11-21(3)12-18-25/h7-18,22,27H,5-6,19-20H2,1-4H3,(H,33,37)/t22-,27-/m1/s1. The number of amides is 2. The second-order valence-corrected chi connectivity index (χ2v) is 12.0. The Hall–Kier alpha value is -3.43. The molecular formula is C30H35ClFN3O4S. The number of nitrogens with one attached hydrogen (secondary N) is 1. The van der Waals surface area contributed by atoms with Gasteiger partial charge in [0.2, 0.25) is 11.8 Å². The van der Waals surface area contributed by atoms with Gasteiger partial charge in [0.15, 0.2) is 0 Å². The van der Waals surface area contributed by atoms with E-state index in [0.29, 0.717) is 17.0 Å². The van der Waals surface area contributed by atoms with Gasteiger partial charge < -0.3 is 10.2 Å². The lowest BCUT2D eigenvalue weighted by Gasteiger charge is -2.33. The molecule has 0 aliphatic heterocycles. The molecule has 0 spiro atoms. The molecule has 2 amide bonds. The predicted molar refractivity (Wildman–Crippen MR) is 156 cm³/mol. The molecule has 0 aliphatic carbocycles. The highest BCUT2D eigenvalue weighted by Gasteiger charge is 2.34. The van der Waals surface area contributed by atoms with E-state index >= 15 is 4.39 Å². The van der Waals surface area contributed by atoms with Gasteiger partial charge in [0, 0.05) is 17.6 Å². The minimum absolute atomic E-state index is 0.0259. The highest BCUT2D eigenvalue weighted by Crippen LogP contribution is 2.27. The number of hydrogen-bond acceptors (Lipinski definition) is 4. The number of hydrogen-bond donors (Lipinski definition) is 1. The molecule has 0 aliphatic rings. The van der Waals surface area contributed by atoms with Gasteiger partial charge in [-0.25, -0.2) is 12.8 Å². The Morgan fingerprint density at radius 2 is 1.57 bits per heavy atom. The van der Waals surface area contributed by atoms with Crippen molar-refractivity contribution in [3.8, 4) is 0 Å². The van der Waals surface area contributed by atoms with E-state index in [1.54, 1.807) is 43.3 Å². The Morgan fingerprint density at radius 3 is 2.15 bits per heavy atom. The zero-order chi connectivity index (χ0) is 29.4. The summed E-state index contributed by atoms with van der Waals surface area (Å²) in [6.07, 6.45) is 0.981. The van der Waals surface area contributed by atoms with Crippen LogP contribution in [0.25, 0.3) is 0 Å². The Kier molecular flexibility index (Phi) is 10.7. The van der Waals surface area contributed by atoms with Crippen LogP contribution in [0.1, 0.15) is 44.7 Å². The third kappa shape index (κ3) is 7.61. The number of para-hydroxylation sites is 1. The summed E-state index contributed by atoms with van der Waals surface area (Å²) < 4.78 is 43.4. The summed E-state index contributed by atoms with van der Waals surface area (Å²) >= 11 is 6.04. The lowest BCUT2D eigenvalue weighted by atomic mass is 10.1. The SMILES string of the molecule is CC[C@@H](C)NC(=O)[C@@H](CC)N(Cc1ccc(Cl)cc1)C(=O)CN(c1ccccc1F)S(=O)(=O)c1ccc(C)cc1. The predicted octanol–water partition coefficient (Wildman–Crippen LogP) is 5.70. The Balaban J connectivity index is 2.06. The van der Waals surface area contributed by atoms with E-state index in [1.807, 2.05) is 20.8 Å². The number of halogens is 2. The van der Waals surface area contributed by atoms with E-state index in [9.17, 15) is 18.0 Å². The van der Waals surface area contributed by atoms with Crippen LogP contribution in [0, 0.1) is 12.7 Å². The van der Waals surface area contributed by atoms with Crippen LogP contribution in [-0.2, 0) is 26.2 Å². The molecule has 10 heteroatoms. The molecule has 0 aromatic heterocycles. The lowest BCUT2D eigenvalue weighted by molar-refractivity contribution is -0.140. The normalized spacial score (nSPS) is 12.8. The number of sulfonamides is 1. The van der Waals surface area contributed by atoms with Gasteiger partial charge >= 0.3 is 0 Å². The van der Waals surface area contributed by atoms with Gasteiger partial charge in [0.05, 0.1) is 10.6 Å². The number of aryl methyl sites for hydroxylation is 1. The van der Waals surface area contributed by atoms with Gasteiger partial charge in [-0.05, 0) is 68.7 Å². The quantitative estimate of drug-likeness (QED) is 0.294. The van der Waals surface area contributed by atoms with Crippen LogP contribution in [0.4, 0.5) is 10.1 Å². The number of carbonyl (C=O) groups is 2. The highest BCUT2D eigenvalue weighted by atomic mass is 35.5. The smallest absolute Gasteiger partial charge is 0.264 e. The Morgan fingerprint density at radius 1 is 0.950 bits per heavy atom. The van der Waals surface area contributed by atoms with Crippen LogP contribution in [0.15, 0.2) is 77.7 Å². The van der Waals surface area contributed by atoms with E-state index in [0.717, 1.165) is 15.9 Å². The average molecular weight is 588 g/mol. The minimum atomic E-state index is -4.35. The van der Waals surface area contributed by atoms with Crippen molar-refractivity contribution in [1.82, 2.24) is 10.2 Å². The summed E-state index contributed by atoms with van der Waals surface area (Å²) in [5, 5.41) is 3.43. The number of carbonyl (C=O) groups excluding carboxylic acids is 2. The molecule has 2 atom stereocenters. The molecule has 0 fully saturated rings. The highest BCUT2D eigenvalue weighted by molar-refractivity contribution is 7.92. The molecule has 3 rings (SSSR count). The maximum absolute atomic E-state index is 15.0. The van der Waals surface area contributed by atoms with Crippen LogP contribution in [0.3, 0.4) is 0 Å². The molecule has 40 heavy (non-hydrogen) atoms. The van der Waals surface area contributed by atoms with Gasteiger partial charge in [-0.15, -0.1) is 0 Å². The molecule has 3 aromatic rings. The zero-order valence-electron chi connectivity index (χ0n) is 23.1. The Labute approximate surface area is 241 Å². The van der Waals surface area contributed by atoms with Crippen molar-refractivity contribution in [3.05, 3.63) is 94.8 Å². The number of anilines is 1. The number of nitrogens with zero attached hydrogens (tertiary/aromatic N) is 2. The molecule has 0 saturated heterocycles. The second kappa shape index (κ2) is 13.8. The molecule has 0 heterocycles. The third-order valence-corrected chi connectivity index (χ3v) is 8.69. The fraction of sp³-hybridized carbons (Fsp3) is 0.333. The monoisotopic (exact) mass is 587 g/mol. The largest absolute Gasteiger partial charge is 0.352 e. The van der Waals surface area contributed by atoms with Gasteiger partial charge in [-0.3, -0.25) is 13.9 Å². The first-order valence-electron chi connectivity index (χ1n) is 13.2. The van der Waals surface area contributed by atoms with Crippen molar-refractivity contribution in [3.63, 3.8) is 0 Å². The van der Waals surface area contributed by atoms with Crippen LogP contribution < -0.4 is 9.62 Å². The van der Waals surface area contributed by atoms with E-state index in [-0.39, 0.29) is 35.5 Å². The van der Waals surface area contributed by atoms with Crippen molar-refractivity contribution < 1.29 is 22.4 Å². The fourth-order valence-electron chi connectivity index (χ4n) is 4.15. The third-order valence-electron chi connectivity index (χ3n) is 6.66. The van der Waals surface area contributed by atoms with Crippen molar-refractivity contribution in [2.45, 2.75) is 64.1 Å². The summed E-state index contributed by atoms with van der Waals surface area (Å²) in [4.78, 5) is 28.5. The van der Waals surface area contributed by atoms with Gasteiger partial charge in [-0.2, -0.15) is 0 Å². The van der Waals surface area contributed by atoms with E-state index in [4.69, 9.17) is 11.6 Å². The molecule has 0 unspecified atom stereocenters. The molecule has 0 saturated carbocycles.